The van der Waals surface area contributed by atoms with Crippen LogP contribution in [0.4, 0.5) is 15.9 Å². The summed E-state index contributed by atoms with van der Waals surface area (Å²) in [4.78, 5) is 23.6. The summed E-state index contributed by atoms with van der Waals surface area (Å²) in [6.07, 6.45) is 0. The quantitative estimate of drug-likeness (QED) is 0.625. The highest BCUT2D eigenvalue weighted by Gasteiger charge is 2.40. The second kappa shape index (κ2) is 4.47. The van der Waals surface area contributed by atoms with Crippen LogP contribution < -0.4 is 4.90 Å². The van der Waals surface area contributed by atoms with E-state index in [1.54, 1.807) is 6.07 Å². The smallest absolute Gasteiger partial charge is 0.230 e. The molecule has 24 heavy (non-hydrogen) atoms. The monoisotopic (exact) mass is 317 g/mol. The van der Waals surface area contributed by atoms with Crippen molar-refractivity contribution in [2.24, 2.45) is 4.99 Å². The topological polar surface area (TPSA) is 45.6 Å². The number of para-hydroxylation sites is 1. The van der Waals surface area contributed by atoms with E-state index < -0.39 is 0 Å². The van der Waals surface area contributed by atoms with E-state index in [1.165, 1.54) is 12.1 Å². The summed E-state index contributed by atoms with van der Waals surface area (Å²) in [5.74, 6) is 0.571. The molecule has 0 radical (unpaired) electrons. The van der Waals surface area contributed by atoms with E-state index >= 15 is 0 Å². The number of halogens is 1. The number of fused-ring (bicyclic) bond motifs is 5. The van der Waals surface area contributed by atoms with Gasteiger partial charge < -0.3 is 4.90 Å². The number of benzene rings is 2. The minimum absolute atomic E-state index is 0.0795. The number of aliphatic imine (C=N–C) groups is 1. The number of Topliss-reactive ketones (excluding diaryl/α,β-unsaturated/α-hetero) is 1. The molecule has 0 N–H and O–H groups in total. The molecule has 2 aromatic carbocycles. The zero-order valence-electron chi connectivity index (χ0n) is 12.8. The fourth-order valence-electron chi connectivity index (χ4n) is 3.51. The molecule has 3 heterocycles. The number of amidine groups is 1. The second-order valence-electron chi connectivity index (χ2n) is 6.07. The number of anilines is 1. The van der Waals surface area contributed by atoms with E-state index in [1.807, 2.05) is 42.2 Å². The van der Waals surface area contributed by atoms with Crippen molar-refractivity contribution < 1.29 is 9.18 Å². The van der Waals surface area contributed by atoms with Crippen molar-refractivity contribution >= 4 is 34.0 Å². The zero-order chi connectivity index (χ0) is 16.4. The van der Waals surface area contributed by atoms with Crippen LogP contribution in [0.5, 0.6) is 0 Å². The number of ketones is 1. The van der Waals surface area contributed by atoms with Gasteiger partial charge >= 0.3 is 0 Å². The molecule has 116 valence electrons. The average Bonchev–Trinajstić information content (AvgIpc) is 2.87. The molecule has 0 spiro atoms. The minimum Gasteiger partial charge on any atom is -0.315 e. The molecule has 0 saturated carbocycles. The van der Waals surface area contributed by atoms with Crippen molar-refractivity contribution in [2.45, 2.75) is 13.0 Å². The van der Waals surface area contributed by atoms with Crippen molar-refractivity contribution in [2.75, 3.05) is 4.90 Å². The van der Waals surface area contributed by atoms with Crippen LogP contribution >= 0.6 is 0 Å². The van der Waals surface area contributed by atoms with Crippen LogP contribution in [0.2, 0.25) is 0 Å². The molecule has 3 aromatic rings. The van der Waals surface area contributed by atoms with Crippen LogP contribution in [0, 0.1) is 5.82 Å². The third kappa shape index (κ3) is 1.64. The lowest BCUT2D eigenvalue weighted by Gasteiger charge is -2.31. The van der Waals surface area contributed by atoms with Crippen LogP contribution in [0.15, 0.2) is 53.5 Å². The van der Waals surface area contributed by atoms with Gasteiger partial charge in [0.15, 0.2) is 11.7 Å². The Balaban J connectivity index is 1.78. The van der Waals surface area contributed by atoms with Crippen LogP contribution in [-0.2, 0) is 0 Å². The Bertz CT molecular complexity index is 1070. The van der Waals surface area contributed by atoms with Gasteiger partial charge in [0.1, 0.15) is 5.82 Å². The molecule has 2 aliphatic rings. The number of carbonyl (C=O) groups is 1. The van der Waals surface area contributed by atoms with Crippen LogP contribution in [-0.4, -0.2) is 16.6 Å². The third-order valence-corrected chi connectivity index (χ3v) is 4.67. The molecule has 0 bridgehead atoms. The predicted octanol–water partition coefficient (Wildman–Crippen LogP) is 4.18. The number of pyridine rings is 1. The summed E-state index contributed by atoms with van der Waals surface area (Å²) in [5, 5.41) is 0.734. The van der Waals surface area contributed by atoms with E-state index in [4.69, 9.17) is 0 Å². The zero-order valence-corrected chi connectivity index (χ0v) is 12.8. The van der Waals surface area contributed by atoms with E-state index in [2.05, 4.69) is 9.98 Å². The van der Waals surface area contributed by atoms with Crippen LogP contribution in [0.25, 0.3) is 10.9 Å². The Morgan fingerprint density at radius 1 is 1.12 bits per heavy atom. The highest BCUT2D eigenvalue weighted by atomic mass is 19.1. The molecule has 0 fully saturated rings. The van der Waals surface area contributed by atoms with Crippen molar-refractivity contribution in [3.05, 3.63) is 65.5 Å². The normalized spacial score (nSPS) is 18.2. The second-order valence-corrected chi connectivity index (χ2v) is 6.07. The molecule has 4 nitrogen and oxygen atoms in total. The number of carbonyl (C=O) groups excluding carboxylic acids is 1. The summed E-state index contributed by atoms with van der Waals surface area (Å²) in [6.45, 7) is 2.01. The Morgan fingerprint density at radius 3 is 2.83 bits per heavy atom. The van der Waals surface area contributed by atoms with Gasteiger partial charge in [0.2, 0.25) is 5.78 Å². The molecular formula is C19H12FN3O. The van der Waals surface area contributed by atoms with Gasteiger partial charge in [-0.3, -0.25) is 4.79 Å². The molecule has 0 saturated heterocycles. The Labute approximate surface area is 137 Å². The fourth-order valence-corrected chi connectivity index (χ4v) is 3.51. The summed E-state index contributed by atoms with van der Waals surface area (Å²) in [7, 11) is 0. The molecule has 5 heteroatoms. The average molecular weight is 317 g/mol. The molecule has 2 aliphatic heterocycles. The highest BCUT2D eigenvalue weighted by Crippen LogP contribution is 2.43. The maximum atomic E-state index is 13.5. The maximum Gasteiger partial charge on any atom is 0.230 e. The van der Waals surface area contributed by atoms with E-state index in [0.717, 1.165) is 16.6 Å². The number of aromatic nitrogens is 1. The van der Waals surface area contributed by atoms with E-state index in [-0.39, 0.29) is 17.6 Å². The summed E-state index contributed by atoms with van der Waals surface area (Å²) in [6, 6.07) is 13.8. The molecule has 1 aromatic heterocycles. The van der Waals surface area contributed by atoms with Gasteiger partial charge in [-0.2, -0.15) is 0 Å². The number of nitrogens with zero attached hydrogens (tertiary/aromatic N) is 3. The number of hydrogen-bond acceptors (Lipinski definition) is 4. The molecule has 0 amide bonds. The molecular weight excluding hydrogens is 305 g/mol. The van der Waals surface area contributed by atoms with Crippen molar-refractivity contribution in [1.29, 1.82) is 0 Å². The largest absolute Gasteiger partial charge is 0.315 e. The van der Waals surface area contributed by atoms with Crippen molar-refractivity contribution in [1.82, 2.24) is 4.98 Å². The fraction of sp³-hybridized carbons (Fsp3) is 0.105. The molecule has 5 rings (SSSR count). The Morgan fingerprint density at radius 2 is 1.96 bits per heavy atom. The third-order valence-electron chi connectivity index (χ3n) is 4.67. The standard InChI is InChI=1S/C19H12FN3O/c1-10-14-9-11-8-12(20)6-7-15(11)21-18(14)22-19-17(24)13-4-2-3-5-16(13)23(10)19/h2-10H,1H3. The Hall–Kier alpha value is -3.08. The lowest BCUT2D eigenvalue weighted by atomic mass is 10.0. The first-order valence-electron chi connectivity index (χ1n) is 7.75. The number of hydrogen-bond donors (Lipinski definition) is 0. The summed E-state index contributed by atoms with van der Waals surface area (Å²) in [5.41, 5.74) is 3.08. The Kier molecular flexibility index (Phi) is 2.49. The van der Waals surface area contributed by atoms with Gasteiger partial charge in [-0.05, 0) is 43.3 Å². The SMILES string of the molecule is CC1c2cc3cc(F)ccc3nc2N=C2C(=O)c3ccccc3N21. The predicted molar refractivity (Wildman–Crippen MR) is 90.5 cm³/mol. The van der Waals surface area contributed by atoms with Crippen molar-refractivity contribution in [3.8, 4) is 0 Å². The first kappa shape index (κ1) is 13.4. The van der Waals surface area contributed by atoms with Gasteiger partial charge in [0.05, 0.1) is 17.2 Å². The van der Waals surface area contributed by atoms with Gasteiger partial charge in [0, 0.05) is 16.5 Å². The first-order chi connectivity index (χ1) is 11.6. The van der Waals surface area contributed by atoms with Crippen LogP contribution in [0.3, 0.4) is 0 Å². The van der Waals surface area contributed by atoms with E-state index in [9.17, 15) is 9.18 Å². The molecule has 1 atom stereocenters. The van der Waals surface area contributed by atoms with Gasteiger partial charge in [-0.1, -0.05) is 12.1 Å². The van der Waals surface area contributed by atoms with Gasteiger partial charge in [-0.25, -0.2) is 14.4 Å². The lowest BCUT2D eigenvalue weighted by molar-refractivity contribution is 0.106. The number of rotatable bonds is 0. The first-order valence-corrected chi connectivity index (χ1v) is 7.75. The van der Waals surface area contributed by atoms with Crippen LogP contribution in [0.1, 0.15) is 28.9 Å². The lowest BCUT2D eigenvalue weighted by Crippen LogP contribution is -2.35. The molecule has 0 aliphatic carbocycles. The minimum atomic E-state index is -0.293. The summed E-state index contributed by atoms with van der Waals surface area (Å²) < 4.78 is 13.5. The van der Waals surface area contributed by atoms with Gasteiger partial charge in [0.25, 0.3) is 0 Å². The summed E-state index contributed by atoms with van der Waals surface area (Å²) >= 11 is 0. The molecule has 1 unspecified atom stereocenters. The van der Waals surface area contributed by atoms with E-state index in [0.29, 0.717) is 22.7 Å². The van der Waals surface area contributed by atoms with Gasteiger partial charge in [-0.15, -0.1) is 0 Å². The maximum absolute atomic E-state index is 13.5. The highest BCUT2D eigenvalue weighted by molar-refractivity contribution is 6.55. The van der Waals surface area contributed by atoms with Crippen molar-refractivity contribution in [3.63, 3.8) is 0 Å².